The molecule has 0 spiro atoms. The number of piperazine rings is 1. The van der Waals surface area contributed by atoms with Gasteiger partial charge in [0.15, 0.2) is 0 Å². The van der Waals surface area contributed by atoms with E-state index < -0.39 is 12.0 Å². The number of anilines is 1. The minimum atomic E-state index is -0.552. The molecule has 4 rings (SSSR count). The van der Waals surface area contributed by atoms with Crippen LogP contribution in [0.1, 0.15) is 25.5 Å². The fourth-order valence-electron chi connectivity index (χ4n) is 4.45. The number of esters is 1. The number of rotatable bonds is 8. The number of para-hydroxylation sites is 2. The van der Waals surface area contributed by atoms with Crippen molar-refractivity contribution in [3.63, 3.8) is 0 Å². The monoisotopic (exact) mass is 464 g/mol. The highest BCUT2D eigenvalue weighted by molar-refractivity contribution is 5.95. The molecule has 2 heterocycles. The van der Waals surface area contributed by atoms with Gasteiger partial charge >= 0.3 is 12.0 Å². The molecule has 180 valence electrons. The fourth-order valence-corrected chi connectivity index (χ4v) is 4.45. The average Bonchev–Trinajstić information content (AvgIpc) is 2.85. The predicted molar refractivity (Wildman–Crippen MR) is 131 cm³/mol. The summed E-state index contributed by atoms with van der Waals surface area (Å²) in [4.78, 5) is 30.0. The molecule has 2 amide bonds. The number of hydrogen-bond acceptors (Lipinski definition) is 6. The highest BCUT2D eigenvalue weighted by atomic mass is 16.5. The van der Waals surface area contributed by atoms with Crippen LogP contribution in [0.4, 0.5) is 10.5 Å². The number of carbonyl (C=O) groups excluding carboxylic acids is 2. The van der Waals surface area contributed by atoms with Crippen LogP contribution in [0.15, 0.2) is 65.9 Å². The molecule has 8 nitrogen and oxygen atoms in total. The van der Waals surface area contributed by atoms with E-state index in [1.54, 1.807) is 6.92 Å². The Labute approximate surface area is 200 Å². The van der Waals surface area contributed by atoms with E-state index in [1.165, 1.54) is 0 Å². The van der Waals surface area contributed by atoms with E-state index in [4.69, 9.17) is 9.47 Å². The van der Waals surface area contributed by atoms with Crippen molar-refractivity contribution in [2.75, 3.05) is 50.8 Å². The van der Waals surface area contributed by atoms with Gasteiger partial charge in [-0.25, -0.2) is 9.59 Å². The first-order valence-electron chi connectivity index (χ1n) is 11.8. The van der Waals surface area contributed by atoms with Crippen LogP contribution < -0.4 is 20.3 Å². The van der Waals surface area contributed by atoms with E-state index in [2.05, 4.69) is 26.5 Å². The number of nitrogens with one attached hydrogen (secondary N) is 2. The summed E-state index contributed by atoms with van der Waals surface area (Å²) in [7, 11) is 0. The lowest BCUT2D eigenvalue weighted by atomic mass is 9.95. The van der Waals surface area contributed by atoms with E-state index in [0.29, 0.717) is 24.4 Å². The standard InChI is InChI=1S/C26H32N4O4/c1-3-33-22-13-9-8-12-21(22)30-16-14-29(15-17-30)18-20-23(25(31)34-4-2)24(28-26(32)27-20)19-10-6-5-7-11-19/h5-13,24H,3-4,14-18H2,1-2H3,(H2,27,28,32)/t24-/m1/s1. The molecule has 2 aromatic rings. The Hall–Kier alpha value is -3.52. The molecular formula is C26H32N4O4. The van der Waals surface area contributed by atoms with Crippen LogP contribution in [0.25, 0.3) is 0 Å². The number of ether oxygens (including phenoxy) is 2. The number of urea groups is 1. The van der Waals surface area contributed by atoms with E-state index in [9.17, 15) is 9.59 Å². The van der Waals surface area contributed by atoms with Crippen molar-refractivity contribution in [1.82, 2.24) is 15.5 Å². The topological polar surface area (TPSA) is 83.1 Å². The van der Waals surface area contributed by atoms with Crippen LogP contribution in [0.3, 0.4) is 0 Å². The first kappa shape index (κ1) is 23.6. The predicted octanol–water partition coefficient (Wildman–Crippen LogP) is 3.08. The number of carbonyl (C=O) groups is 2. The van der Waals surface area contributed by atoms with E-state index >= 15 is 0 Å². The van der Waals surface area contributed by atoms with Gasteiger partial charge in [0.2, 0.25) is 0 Å². The molecule has 0 radical (unpaired) electrons. The summed E-state index contributed by atoms with van der Waals surface area (Å²) < 4.78 is 11.2. The third-order valence-corrected chi connectivity index (χ3v) is 6.04. The van der Waals surface area contributed by atoms with Crippen molar-refractivity contribution in [2.24, 2.45) is 0 Å². The Morgan fingerprint density at radius 2 is 1.68 bits per heavy atom. The first-order chi connectivity index (χ1) is 16.6. The Balaban J connectivity index is 1.53. The van der Waals surface area contributed by atoms with Gasteiger partial charge in [-0.2, -0.15) is 0 Å². The van der Waals surface area contributed by atoms with Gasteiger partial charge in [-0.3, -0.25) is 4.90 Å². The van der Waals surface area contributed by atoms with Crippen molar-refractivity contribution in [1.29, 1.82) is 0 Å². The van der Waals surface area contributed by atoms with Gasteiger partial charge < -0.3 is 25.0 Å². The number of benzene rings is 2. The second-order valence-electron chi connectivity index (χ2n) is 8.22. The van der Waals surface area contributed by atoms with Crippen LogP contribution in [0.5, 0.6) is 5.75 Å². The summed E-state index contributed by atoms with van der Waals surface area (Å²) in [6, 6.07) is 16.7. The zero-order valence-corrected chi connectivity index (χ0v) is 19.8. The highest BCUT2D eigenvalue weighted by Gasteiger charge is 2.34. The fraction of sp³-hybridized carbons (Fsp3) is 0.385. The lowest BCUT2D eigenvalue weighted by Gasteiger charge is -2.38. The Morgan fingerprint density at radius 1 is 0.971 bits per heavy atom. The molecule has 2 aliphatic rings. The summed E-state index contributed by atoms with van der Waals surface area (Å²) in [5.41, 5.74) is 2.99. The normalized spacial score (nSPS) is 18.8. The largest absolute Gasteiger partial charge is 0.492 e. The second-order valence-corrected chi connectivity index (χ2v) is 8.22. The zero-order chi connectivity index (χ0) is 23.9. The van der Waals surface area contributed by atoms with Gasteiger partial charge in [0.1, 0.15) is 5.75 Å². The molecule has 2 aliphatic heterocycles. The summed E-state index contributed by atoms with van der Waals surface area (Å²) in [5, 5.41) is 5.76. The molecule has 2 N–H and O–H groups in total. The average molecular weight is 465 g/mol. The highest BCUT2D eigenvalue weighted by Crippen LogP contribution is 2.30. The van der Waals surface area contributed by atoms with Crippen molar-refractivity contribution in [2.45, 2.75) is 19.9 Å². The Morgan fingerprint density at radius 3 is 2.38 bits per heavy atom. The first-order valence-corrected chi connectivity index (χ1v) is 11.8. The molecule has 1 saturated heterocycles. The molecule has 2 aromatic carbocycles. The minimum Gasteiger partial charge on any atom is -0.492 e. The number of hydrogen-bond donors (Lipinski definition) is 2. The molecule has 0 saturated carbocycles. The summed E-state index contributed by atoms with van der Waals surface area (Å²) >= 11 is 0. The summed E-state index contributed by atoms with van der Waals surface area (Å²) in [6.45, 7) is 8.34. The molecular weight excluding hydrogens is 432 g/mol. The van der Waals surface area contributed by atoms with Crippen LogP contribution in [-0.4, -0.2) is 62.8 Å². The lowest BCUT2D eigenvalue weighted by molar-refractivity contribution is -0.139. The quantitative estimate of drug-likeness (QED) is 0.585. The summed E-state index contributed by atoms with van der Waals surface area (Å²) in [6.07, 6.45) is 0. The summed E-state index contributed by atoms with van der Waals surface area (Å²) in [5.74, 6) is 0.477. The van der Waals surface area contributed by atoms with Crippen LogP contribution in [0.2, 0.25) is 0 Å². The third kappa shape index (κ3) is 5.34. The zero-order valence-electron chi connectivity index (χ0n) is 19.8. The van der Waals surface area contributed by atoms with E-state index in [0.717, 1.165) is 43.2 Å². The van der Waals surface area contributed by atoms with E-state index in [1.807, 2.05) is 55.5 Å². The van der Waals surface area contributed by atoms with Crippen LogP contribution in [0, 0.1) is 0 Å². The molecule has 1 fully saturated rings. The molecule has 0 aromatic heterocycles. The van der Waals surface area contributed by atoms with Crippen molar-refractivity contribution >= 4 is 17.7 Å². The van der Waals surface area contributed by atoms with Gasteiger partial charge in [0, 0.05) is 38.4 Å². The Bertz CT molecular complexity index is 1030. The van der Waals surface area contributed by atoms with Crippen LogP contribution >= 0.6 is 0 Å². The van der Waals surface area contributed by atoms with Gasteiger partial charge in [-0.1, -0.05) is 42.5 Å². The maximum Gasteiger partial charge on any atom is 0.338 e. The molecule has 0 bridgehead atoms. The van der Waals surface area contributed by atoms with Crippen LogP contribution in [-0.2, 0) is 9.53 Å². The van der Waals surface area contributed by atoms with Crippen molar-refractivity contribution in [3.05, 3.63) is 71.4 Å². The smallest absolute Gasteiger partial charge is 0.338 e. The van der Waals surface area contributed by atoms with E-state index in [-0.39, 0.29) is 12.6 Å². The molecule has 0 aliphatic carbocycles. The SMILES string of the molecule is CCOC(=O)C1=C(CN2CCN(c3ccccc3OCC)CC2)NC(=O)N[C@@H]1c1ccccc1. The van der Waals surface area contributed by atoms with Gasteiger partial charge in [-0.05, 0) is 31.5 Å². The van der Waals surface area contributed by atoms with Gasteiger partial charge in [0.25, 0.3) is 0 Å². The lowest BCUT2D eigenvalue weighted by Crippen LogP contribution is -2.51. The van der Waals surface area contributed by atoms with Gasteiger partial charge in [-0.15, -0.1) is 0 Å². The van der Waals surface area contributed by atoms with Gasteiger partial charge in [0.05, 0.1) is 30.5 Å². The molecule has 0 unspecified atom stereocenters. The molecule has 8 heteroatoms. The number of nitrogens with zero attached hydrogens (tertiary/aromatic N) is 2. The number of amides is 2. The minimum absolute atomic E-state index is 0.267. The second kappa shape index (κ2) is 11.1. The van der Waals surface area contributed by atoms with Crippen molar-refractivity contribution in [3.8, 4) is 5.75 Å². The Kier molecular flexibility index (Phi) is 7.69. The molecule has 34 heavy (non-hydrogen) atoms. The maximum absolute atomic E-state index is 13.0. The molecule has 1 atom stereocenters. The van der Waals surface area contributed by atoms with Crippen molar-refractivity contribution < 1.29 is 19.1 Å². The third-order valence-electron chi connectivity index (χ3n) is 6.04. The maximum atomic E-state index is 13.0.